The second-order valence-corrected chi connectivity index (χ2v) is 4.82. The summed E-state index contributed by atoms with van der Waals surface area (Å²) in [5.74, 6) is 0.411. The lowest BCUT2D eigenvalue weighted by Crippen LogP contribution is -2.37. The molecule has 0 unspecified atom stereocenters. The van der Waals surface area contributed by atoms with Gasteiger partial charge in [0.15, 0.2) is 6.29 Å². The van der Waals surface area contributed by atoms with Crippen LogP contribution in [-0.2, 0) is 4.79 Å². The largest absolute Gasteiger partial charge is 0.350 e. The Morgan fingerprint density at radius 3 is 2.79 bits per heavy atom. The van der Waals surface area contributed by atoms with E-state index in [2.05, 4.69) is 9.97 Å². The molecule has 0 spiro atoms. The molecule has 1 fully saturated rings. The van der Waals surface area contributed by atoms with E-state index in [0.29, 0.717) is 12.1 Å². The highest BCUT2D eigenvalue weighted by molar-refractivity contribution is 6.32. The summed E-state index contributed by atoms with van der Waals surface area (Å²) in [7, 11) is 1.71. The van der Waals surface area contributed by atoms with Crippen LogP contribution in [0.3, 0.4) is 0 Å². The zero-order valence-electron chi connectivity index (χ0n) is 10.7. The Morgan fingerprint density at radius 1 is 1.47 bits per heavy atom. The van der Waals surface area contributed by atoms with Crippen molar-refractivity contribution in [3.63, 3.8) is 0 Å². The first-order chi connectivity index (χ1) is 9.13. The zero-order chi connectivity index (χ0) is 13.8. The molecule has 1 aromatic rings. The summed E-state index contributed by atoms with van der Waals surface area (Å²) in [5, 5.41) is 0.0977. The monoisotopic (exact) mass is 282 g/mol. The molecule has 1 aromatic heterocycles. The fraction of sp³-hybridized carbons (Fsp3) is 0.500. The van der Waals surface area contributed by atoms with Gasteiger partial charge >= 0.3 is 0 Å². The maximum Gasteiger partial charge on any atom is 0.242 e. The molecule has 0 aliphatic carbocycles. The molecule has 2 rings (SSSR count). The van der Waals surface area contributed by atoms with Crippen molar-refractivity contribution < 1.29 is 9.59 Å². The van der Waals surface area contributed by atoms with Crippen LogP contribution in [0.25, 0.3) is 0 Å². The SMILES string of the molecule is CN(CC(=O)N1CCCC1)c1ncnc(Cl)c1C=O. The first kappa shape index (κ1) is 13.7. The zero-order valence-corrected chi connectivity index (χ0v) is 11.4. The molecule has 1 aliphatic heterocycles. The Hall–Kier alpha value is -1.69. The molecule has 6 nitrogen and oxygen atoms in total. The van der Waals surface area contributed by atoms with Gasteiger partial charge in [-0.2, -0.15) is 0 Å². The van der Waals surface area contributed by atoms with Gasteiger partial charge in [-0.15, -0.1) is 0 Å². The standard InChI is InChI=1S/C12H15ClN4O2/c1-16(6-10(19)17-4-2-3-5-17)12-9(7-18)11(13)14-8-15-12/h7-8H,2-6H2,1H3. The van der Waals surface area contributed by atoms with E-state index in [4.69, 9.17) is 11.6 Å². The molecular weight excluding hydrogens is 268 g/mol. The number of amides is 1. The van der Waals surface area contributed by atoms with E-state index in [1.54, 1.807) is 11.9 Å². The molecule has 0 aromatic carbocycles. The van der Waals surface area contributed by atoms with Gasteiger partial charge in [0.1, 0.15) is 17.3 Å². The van der Waals surface area contributed by atoms with Crippen molar-refractivity contribution in [1.82, 2.24) is 14.9 Å². The molecule has 0 radical (unpaired) electrons. The third kappa shape index (κ3) is 3.01. The van der Waals surface area contributed by atoms with E-state index in [1.165, 1.54) is 6.33 Å². The first-order valence-corrected chi connectivity index (χ1v) is 6.46. The second kappa shape index (κ2) is 5.97. The molecule has 7 heteroatoms. The Bertz CT molecular complexity index is 489. The number of nitrogens with zero attached hydrogens (tertiary/aromatic N) is 4. The van der Waals surface area contributed by atoms with Crippen LogP contribution in [0.15, 0.2) is 6.33 Å². The van der Waals surface area contributed by atoms with E-state index in [9.17, 15) is 9.59 Å². The summed E-state index contributed by atoms with van der Waals surface area (Å²) in [6.07, 6.45) is 3.98. The number of hydrogen-bond acceptors (Lipinski definition) is 5. The number of aldehydes is 1. The molecule has 19 heavy (non-hydrogen) atoms. The second-order valence-electron chi connectivity index (χ2n) is 4.46. The van der Waals surface area contributed by atoms with Crippen molar-refractivity contribution in [1.29, 1.82) is 0 Å². The number of halogens is 1. The minimum Gasteiger partial charge on any atom is -0.350 e. The minimum absolute atomic E-state index is 0.0339. The number of aromatic nitrogens is 2. The average Bonchev–Trinajstić information content (AvgIpc) is 2.92. The lowest BCUT2D eigenvalue weighted by molar-refractivity contribution is -0.128. The maximum atomic E-state index is 12.0. The molecular formula is C12H15ClN4O2. The summed E-state index contributed by atoms with van der Waals surface area (Å²) >= 11 is 5.83. The smallest absolute Gasteiger partial charge is 0.242 e. The molecule has 0 atom stereocenters. The summed E-state index contributed by atoms with van der Waals surface area (Å²) in [5.41, 5.74) is 0.209. The highest BCUT2D eigenvalue weighted by atomic mass is 35.5. The van der Waals surface area contributed by atoms with E-state index in [-0.39, 0.29) is 23.2 Å². The van der Waals surface area contributed by atoms with Crippen LogP contribution in [-0.4, -0.2) is 53.7 Å². The highest BCUT2D eigenvalue weighted by Crippen LogP contribution is 2.20. The van der Waals surface area contributed by atoms with Crippen molar-refractivity contribution in [2.75, 3.05) is 31.6 Å². The lowest BCUT2D eigenvalue weighted by atomic mass is 10.3. The van der Waals surface area contributed by atoms with Crippen LogP contribution in [0.5, 0.6) is 0 Å². The highest BCUT2D eigenvalue weighted by Gasteiger charge is 2.21. The third-order valence-electron chi connectivity index (χ3n) is 3.12. The van der Waals surface area contributed by atoms with Gasteiger partial charge in [0.2, 0.25) is 5.91 Å². The first-order valence-electron chi connectivity index (χ1n) is 6.08. The van der Waals surface area contributed by atoms with Crippen LogP contribution in [0, 0.1) is 0 Å². The van der Waals surface area contributed by atoms with Gasteiger partial charge in [-0.05, 0) is 12.8 Å². The Balaban J connectivity index is 2.11. The van der Waals surface area contributed by atoms with Crippen molar-refractivity contribution in [2.45, 2.75) is 12.8 Å². The minimum atomic E-state index is 0.0339. The molecule has 102 valence electrons. The Morgan fingerprint density at radius 2 is 2.16 bits per heavy atom. The molecule has 1 aliphatic rings. The normalized spacial score (nSPS) is 14.5. The van der Waals surface area contributed by atoms with Gasteiger partial charge in [-0.3, -0.25) is 9.59 Å². The Kier molecular flexibility index (Phi) is 4.31. The van der Waals surface area contributed by atoms with Gasteiger partial charge in [0.25, 0.3) is 0 Å². The van der Waals surface area contributed by atoms with E-state index in [0.717, 1.165) is 25.9 Å². The fourth-order valence-electron chi connectivity index (χ4n) is 2.12. The van der Waals surface area contributed by atoms with Crippen molar-refractivity contribution >= 4 is 29.6 Å². The van der Waals surface area contributed by atoms with E-state index < -0.39 is 0 Å². The van der Waals surface area contributed by atoms with Crippen LogP contribution in [0.1, 0.15) is 23.2 Å². The number of rotatable bonds is 4. The van der Waals surface area contributed by atoms with Gasteiger partial charge in [0, 0.05) is 20.1 Å². The van der Waals surface area contributed by atoms with Gasteiger partial charge in [-0.25, -0.2) is 9.97 Å². The Labute approximate surface area is 116 Å². The van der Waals surface area contributed by atoms with E-state index in [1.807, 2.05) is 4.90 Å². The van der Waals surface area contributed by atoms with E-state index >= 15 is 0 Å². The van der Waals surface area contributed by atoms with Crippen LogP contribution >= 0.6 is 11.6 Å². The van der Waals surface area contributed by atoms with Crippen LogP contribution in [0.2, 0.25) is 5.15 Å². The van der Waals surface area contributed by atoms with Crippen molar-refractivity contribution in [3.8, 4) is 0 Å². The fourth-order valence-corrected chi connectivity index (χ4v) is 2.29. The lowest BCUT2D eigenvalue weighted by Gasteiger charge is -2.22. The number of hydrogen-bond donors (Lipinski definition) is 0. The van der Waals surface area contributed by atoms with Crippen molar-refractivity contribution in [3.05, 3.63) is 17.0 Å². The summed E-state index contributed by atoms with van der Waals surface area (Å²) in [6.45, 7) is 1.78. The number of carbonyl (C=O) groups is 2. The molecule has 0 bridgehead atoms. The number of likely N-dealkylation sites (N-methyl/N-ethyl adjacent to an activating group) is 1. The summed E-state index contributed by atoms with van der Waals surface area (Å²) in [6, 6.07) is 0. The quantitative estimate of drug-likeness (QED) is 0.609. The predicted octanol–water partition coefficient (Wildman–Crippen LogP) is 1.00. The molecule has 1 amide bonds. The van der Waals surface area contributed by atoms with Gasteiger partial charge in [0.05, 0.1) is 12.1 Å². The predicted molar refractivity (Wildman–Crippen MR) is 71.5 cm³/mol. The van der Waals surface area contributed by atoms with Crippen LogP contribution < -0.4 is 4.90 Å². The number of carbonyl (C=O) groups excluding carboxylic acids is 2. The number of likely N-dealkylation sites (tertiary alicyclic amines) is 1. The summed E-state index contributed by atoms with van der Waals surface area (Å²) in [4.78, 5) is 34.3. The third-order valence-corrected chi connectivity index (χ3v) is 3.43. The molecule has 0 saturated carbocycles. The molecule has 0 N–H and O–H groups in total. The maximum absolute atomic E-state index is 12.0. The van der Waals surface area contributed by atoms with Crippen LogP contribution in [0.4, 0.5) is 5.82 Å². The molecule has 2 heterocycles. The average molecular weight is 283 g/mol. The topological polar surface area (TPSA) is 66.4 Å². The number of anilines is 1. The van der Waals surface area contributed by atoms with Crippen molar-refractivity contribution in [2.24, 2.45) is 0 Å². The van der Waals surface area contributed by atoms with Gasteiger partial charge in [-0.1, -0.05) is 11.6 Å². The summed E-state index contributed by atoms with van der Waals surface area (Å²) < 4.78 is 0. The molecule has 1 saturated heterocycles. The van der Waals surface area contributed by atoms with Gasteiger partial charge < -0.3 is 9.80 Å².